The minimum atomic E-state index is -5.22. The molecule has 2 aliphatic heterocycles. The lowest BCUT2D eigenvalue weighted by Crippen LogP contribution is -2.58. The molecule has 2 aromatic heterocycles. The number of nitrogens with one attached hydrogen (secondary N) is 2. The average Bonchev–Trinajstić information content (AvgIpc) is 4.01. The maximum atomic E-state index is 15.4. The zero-order valence-electron chi connectivity index (χ0n) is 41.1. The number of benzene rings is 3. The van der Waals surface area contributed by atoms with Gasteiger partial charge in [-0.1, -0.05) is 45.0 Å². The van der Waals surface area contributed by atoms with Gasteiger partial charge in [-0.3, -0.25) is 29.1 Å². The van der Waals surface area contributed by atoms with Crippen molar-refractivity contribution < 1.29 is 55.7 Å². The standard InChI is InChI=1S/C52H53F5N8O7S2/c1-29-44(74-28-61-29)32-9-7-30(8-10-32)23-60-46(68)40-21-36(66)25-63(40)47(69)45(50(2,3)4)62-41(67)27-71-26-34(53)19-20-72-37-15-11-31(12-16-37)38-17-14-35(24-59-38)65-49(73)64(48(70)51(65,5)6)39-18-13-33(22-58)42(43(39)54)52(55,56)57/h7-18,24,28,34,36,40,45,66H,19-21,23,25-27H2,1-6H3,(H,60,68)(H,62,67)/t34?,36-,40+,45-/m1/s1. The fourth-order valence-electron chi connectivity index (χ4n) is 8.61. The van der Waals surface area contributed by atoms with E-state index >= 15 is 4.39 Å². The van der Waals surface area contributed by atoms with Gasteiger partial charge in [-0.05, 0) is 98.1 Å². The van der Waals surface area contributed by atoms with E-state index in [0.29, 0.717) is 27.6 Å². The van der Waals surface area contributed by atoms with Crippen molar-refractivity contribution in [3.63, 3.8) is 0 Å². The molecule has 3 aromatic carbocycles. The molecule has 0 aliphatic carbocycles. The molecule has 3 N–H and O–H groups in total. The van der Waals surface area contributed by atoms with Gasteiger partial charge in [0.15, 0.2) is 10.9 Å². The summed E-state index contributed by atoms with van der Waals surface area (Å²) >= 11 is 7.06. The van der Waals surface area contributed by atoms with Crippen LogP contribution in [-0.2, 0) is 36.6 Å². The number of carbonyl (C=O) groups excluding carboxylic acids is 4. The molecule has 1 unspecified atom stereocenters. The molecule has 2 saturated heterocycles. The van der Waals surface area contributed by atoms with Crippen molar-refractivity contribution in [1.29, 1.82) is 5.26 Å². The second kappa shape index (κ2) is 22.3. The van der Waals surface area contributed by atoms with Crippen molar-refractivity contribution in [1.82, 2.24) is 25.5 Å². The Labute approximate surface area is 433 Å². The Kier molecular flexibility index (Phi) is 16.5. The average molecular weight is 1060 g/mol. The number of aliphatic hydroxyl groups is 1. The number of hydrogen-bond donors (Lipinski definition) is 3. The lowest BCUT2D eigenvalue weighted by atomic mass is 9.85. The fourth-order valence-corrected chi connectivity index (χ4v) is 9.94. The second-order valence-corrected chi connectivity index (χ2v) is 20.6. The summed E-state index contributed by atoms with van der Waals surface area (Å²) in [6, 6.07) is 18.6. The van der Waals surface area contributed by atoms with E-state index in [0.717, 1.165) is 33.8 Å². The van der Waals surface area contributed by atoms with Gasteiger partial charge in [-0.25, -0.2) is 13.8 Å². The van der Waals surface area contributed by atoms with Crippen molar-refractivity contribution in [3.8, 4) is 33.5 Å². The van der Waals surface area contributed by atoms with Gasteiger partial charge in [0.05, 0.1) is 70.3 Å². The van der Waals surface area contributed by atoms with E-state index in [4.69, 9.17) is 21.7 Å². The molecule has 4 atom stereocenters. The topological polar surface area (TPSA) is 190 Å². The number of amides is 4. The van der Waals surface area contributed by atoms with Crippen molar-refractivity contribution in [2.24, 2.45) is 5.41 Å². The number of thiocarbonyl (C=S) groups is 1. The van der Waals surface area contributed by atoms with Crippen LogP contribution >= 0.6 is 23.6 Å². The van der Waals surface area contributed by atoms with Crippen LogP contribution in [0, 0.1) is 29.5 Å². The number of thiazole rings is 1. The Balaban J connectivity index is 0.862. The molecule has 5 aromatic rings. The van der Waals surface area contributed by atoms with Crippen LogP contribution in [0.1, 0.15) is 69.8 Å². The summed E-state index contributed by atoms with van der Waals surface area (Å²) in [6.45, 7) is 9.22. The minimum Gasteiger partial charge on any atom is -0.493 e. The SMILES string of the molecule is Cc1ncsc1-c1ccc(CNC(=O)[C@@H]2C[C@@H](O)CN2C(=O)[C@@H](NC(=O)COCC(F)CCOc2ccc(-c3ccc(N4C(=S)N(c5ccc(C#N)c(C(F)(F)F)c5F)C(=O)C4(C)C)cn3)cc2)C(C)(C)C)cc1. The van der Waals surface area contributed by atoms with Crippen LogP contribution in [0.3, 0.4) is 0 Å². The number of ether oxygens (including phenoxy) is 2. The molecule has 0 radical (unpaired) electrons. The van der Waals surface area contributed by atoms with Crippen LogP contribution in [0.5, 0.6) is 5.75 Å². The predicted octanol–water partition coefficient (Wildman–Crippen LogP) is 8.06. The number of aromatic nitrogens is 2. The van der Waals surface area contributed by atoms with Gasteiger partial charge in [0.2, 0.25) is 17.7 Å². The van der Waals surface area contributed by atoms with Crippen LogP contribution < -0.4 is 25.2 Å². The molecule has 74 heavy (non-hydrogen) atoms. The molecule has 4 amide bonds. The predicted molar refractivity (Wildman–Crippen MR) is 270 cm³/mol. The van der Waals surface area contributed by atoms with Gasteiger partial charge in [-0.2, -0.15) is 18.4 Å². The second-order valence-electron chi connectivity index (χ2n) is 19.4. The fraction of sp³-hybridized carbons (Fsp3) is 0.385. The highest BCUT2D eigenvalue weighted by atomic mass is 32.1. The van der Waals surface area contributed by atoms with Crippen LogP contribution in [0.4, 0.5) is 33.3 Å². The molecule has 0 spiro atoms. The van der Waals surface area contributed by atoms with E-state index in [1.807, 2.05) is 31.2 Å². The summed E-state index contributed by atoms with van der Waals surface area (Å²) in [5.74, 6) is -3.85. The molecule has 2 fully saturated rings. The number of aryl methyl sites for hydroxylation is 1. The summed E-state index contributed by atoms with van der Waals surface area (Å²) in [6.07, 6.45) is -6.32. The first-order chi connectivity index (χ1) is 34.9. The largest absolute Gasteiger partial charge is 0.493 e. The molecule has 22 heteroatoms. The number of alkyl halides is 4. The van der Waals surface area contributed by atoms with Gasteiger partial charge >= 0.3 is 6.18 Å². The molecule has 2 aliphatic rings. The first kappa shape index (κ1) is 54.8. The van der Waals surface area contributed by atoms with Gasteiger partial charge < -0.3 is 35.0 Å². The van der Waals surface area contributed by atoms with Crippen LogP contribution in [0.2, 0.25) is 0 Å². The number of aliphatic hydroxyl groups excluding tert-OH is 1. The van der Waals surface area contributed by atoms with Gasteiger partial charge in [0.25, 0.3) is 5.91 Å². The minimum absolute atomic E-state index is 0.0245. The highest BCUT2D eigenvalue weighted by molar-refractivity contribution is 7.81. The summed E-state index contributed by atoms with van der Waals surface area (Å²) in [5.41, 5.74) is 0.219. The molecule has 390 valence electrons. The quantitative estimate of drug-likeness (QED) is 0.0601. The summed E-state index contributed by atoms with van der Waals surface area (Å²) in [4.78, 5) is 67.2. The number of nitrogens with zero attached hydrogens (tertiary/aromatic N) is 6. The number of β-amino-alcohol motifs (C(OH)–C–C–N with tert-alkyl or cyclic N) is 1. The molecular formula is C52H53F5N8O7S2. The number of anilines is 2. The zero-order valence-corrected chi connectivity index (χ0v) is 42.8. The normalized spacial score (nSPS) is 17.5. The number of pyridine rings is 1. The van der Waals surface area contributed by atoms with E-state index in [2.05, 4.69) is 20.6 Å². The van der Waals surface area contributed by atoms with E-state index in [1.54, 1.807) is 62.7 Å². The maximum absolute atomic E-state index is 15.4. The number of nitriles is 1. The Morgan fingerprint density at radius 1 is 1.01 bits per heavy atom. The number of rotatable bonds is 17. The number of carbonyl (C=O) groups is 4. The van der Waals surface area contributed by atoms with Crippen molar-refractivity contribution >= 4 is 63.7 Å². The Morgan fingerprint density at radius 3 is 2.31 bits per heavy atom. The summed E-state index contributed by atoms with van der Waals surface area (Å²) in [7, 11) is 0. The highest BCUT2D eigenvalue weighted by Crippen LogP contribution is 2.42. The van der Waals surface area contributed by atoms with Crippen molar-refractivity contribution in [2.45, 2.75) is 97.0 Å². The number of halogens is 5. The third-order valence-corrected chi connectivity index (χ3v) is 13.9. The van der Waals surface area contributed by atoms with Crippen LogP contribution in [0.15, 0.2) is 84.5 Å². The van der Waals surface area contributed by atoms with Crippen molar-refractivity contribution in [2.75, 3.05) is 36.2 Å². The number of likely N-dealkylation sites (tertiary alicyclic amines) is 1. The lowest BCUT2D eigenvalue weighted by molar-refractivity contribution is -0.144. The van der Waals surface area contributed by atoms with Crippen LogP contribution in [-0.4, -0.2) is 105 Å². The molecule has 0 saturated carbocycles. The van der Waals surface area contributed by atoms with Gasteiger partial charge in [-0.15, -0.1) is 11.3 Å². The Hall–Kier alpha value is -6.93. The molecule has 0 bridgehead atoms. The molecule has 15 nitrogen and oxygen atoms in total. The van der Waals surface area contributed by atoms with E-state index in [-0.39, 0.29) is 37.7 Å². The van der Waals surface area contributed by atoms with Gasteiger partial charge in [0, 0.05) is 31.5 Å². The van der Waals surface area contributed by atoms with Gasteiger partial charge in [0.1, 0.15) is 41.7 Å². The van der Waals surface area contributed by atoms with Crippen LogP contribution in [0.25, 0.3) is 21.7 Å². The third-order valence-electron chi connectivity index (χ3n) is 12.5. The first-order valence-corrected chi connectivity index (χ1v) is 24.6. The molecule has 4 heterocycles. The maximum Gasteiger partial charge on any atom is 0.420 e. The first-order valence-electron chi connectivity index (χ1n) is 23.3. The third kappa shape index (κ3) is 12.0. The lowest BCUT2D eigenvalue weighted by Gasteiger charge is -2.35. The summed E-state index contributed by atoms with van der Waals surface area (Å²) < 4.78 is 82.8. The monoisotopic (exact) mass is 1060 g/mol. The van der Waals surface area contributed by atoms with E-state index < -0.39 is 101 Å². The number of hydrogen-bond acceptors (Lipinski definition) is 12. The zero-order chi connectivity index (χ0) is 53.9. The Morgan fingerprint density at radius 2 is 1.70 bits per heavy atom. The van der Waals surface area contributed by atoms with E-state index in [1.165, 1.54) is 47.3 Å². The smallest absolute Gasteiger partial charge is 0.420 e. The Bertz CT molecular complexity index is 2940. The van der Waals surface area contributed by atoms with Crippen molar-refractivity contribution in [3.05, 3.63) is 113 Å². The van der Waals surface area contributed by atoms with E-state index in [9.17, 15) is 47.1 Å². The summed E-state index contributed by atoms with van der Waals surface area (Å²) in [5, 5.41) is 25.0. The molecule has 7 rings (SSSR count). The molecular weight excluding hydrogens is 1010 g/mol. The highest BCUT2D eigenvalue weighted by Gasteiger charge is 2.52.